The van der Waals surface area contributed by atoms with Crippen LogP contribution in [-0.2, 0) is 0 Å². The minimum Gasteiger partial charge on any atom is -0.341 e. The van der Waals surface area contributed by atoms with Crippen LogP contribution in [0, 0.1) is 12.3 Å². The van der Waals surface area contributed by atoms with E-state index in [0.717, 1.165) is 16.9 Å². The summed E-state index contributed by atoms with van der Waals surface area (Å²) in [6.45, 7) is 3.65. The van der Waals surface area contributed by atoms with Gasteiger partial charge in [-0.15, -0.1) is 5.10 Å². The van der Waals surface area contributed by atoms with Gasteiger partial charge in [-0.05, 0) is 37.6 Å². The number of aromatic nitrogens is 6. The largest absolute Gasteiger partial charge is 0.341 e. The maximum Gasteiger partial charge on any atom is 0.229 e. The number of imidazole rings is 1. The number of aryl methyl sites for hydroxylation is 1. The Kier molecular flexibility index (Phi) is 5.30. The number of pyridine rings is 1. The number of H-pyrrole nitrogens is 1. The summed E-state index contributed by atoms with van der Waals surface area (Å²) in [5.41, 5.74) is 3.13. The molecule has 4 rings (SSSR count). The van der Waals surface area contributed by atoms with Gasteiger partial charge in [0, 0.05) is 18.0 Å². The molecule has 8 nitrogen and oxygen atoms in total. The van der Waals surface area contributed by atoms with Gasteiger partial charge >= 0.3 is 0 Å². The summed E-state index contributed by atoms with van der Waals surface area (Å²) in [5.74, 6) is -0.325. The van der Waals surface area contributed by atoms with Crippen molar-refractivity contribution in [3.63, 3.8) is 0 Å². The van der Waals surface area contributed by atoms with Crippen LogP contribution in [-0.4, -0.2) is 41.4 Å². The quantitative estimate of drug-likeness (QED) is 0.363. The Morgan fingerprint density at radius 1 is 1.13 bits per heavy atom. The van der Waals surface area contributed by atoms with Gasteiger partial charge in [-0.2, -0.15) is 9.90 Å². The van der Waals surface area contributed by atoms with Crippen LogP contribution in [0.4, 0.5) is 0 Å². The zero-order valence-corrected chi connectivity index (χ0v) is 16.7. The predicted molar refractivity (Wildman–Crippen MR) is 113 cm³/mol. The first kappa shape index (κ1) is 19.4. The second kappa shape index (κ2) is 8.20. The Labute approximate surface area is 173 Å². The van der Waals surface area contributed by atoms with Crippen molar-refractivity contribution in [1.29, 1.82) is 5.41 Å². The van der Waals surface area contributed by atoms with Crippen molar-refractivity contribution in [1.82, 2.24) is 29.9 Å². The van der Waals surface area contributed by atoms with Gasteiger partial charge in [0.05, 0.1) is 34.9 Å². The van der Waals surface area contributed by atoms with Crippen molar-refractivity contribution >= 4 is 11.5 Å². The van der Waals surface area contributed by atoms with Gasteiger partial charge in [0.1, 0.15) is 5.82 Å². The maximum atomic E-state index is 13.1. The summed E-state index contributed by atoms with van der Waals surface area (Å²) in [6.07, 6.45) is 5.68. The van der Waals surface area contributed by atoms with E-state index in [1.165, 1.54) is 4.80 Å². The number of hydrogen-bond acceptors (Lipinski definition) is 6. The molecule has 0 saturated carbocycles. The summed E-state index contributed by atoms with van der Waals surface area (Å²) in [5, 5.41) is 17.2. The zero-order chi connectivity index (χ0) is 21.1. The lowest BCUT2D eigenvalue weighted by atomic mass is 9.94. The Morgan fingerprint density at radius 2 is 1.87 bits per heavy atom. The molecule has 30 heavy (non-hydrogen) atoms. The summed E-state index contributed by atoms with van der Waals surface area (Å²) in [4.78, 5) is 26.2. The third-order valence-electron chi connectivity index (χ3n) is 4.90. The molecule has 0 aliphatic carbocycles. The van der Waals surface area contributed by atoms with E-state index >= 15 is 0 Å². The third-order valence-corrected chi connectivity index (χ3v) is 4.90. The monoisotopic (exact) mass is 399 g/mol. The zero-order valence-electron chi connectivity index (χ0n) is 16.7. The number of nitrogens with zero attached hydrogens (tertiary/aromatic N) is 5. The molecule has 0 amide bonds. The summed E-state index contributed by atoms with van der Waals surface area (Å²) >= 11 is 0. The van der Waals surface area contributed by atoms with E-state index in [1.807, 2.05) is 49.4 Å². The molecule has 0 fully saturated rings. The molecule has 1 unspecified atom stereocenters. The molecule has 0 spiro atoms. The molecule has 3 aromatic heterocycles. The Balaban J connectivity index is 1.60. The smallest absolute Gasteiger partial charge is 0.229 e. The van der Waals surface area contributed by atoms with E-state index < -0.39 is 11.7 Å². The lowest BCUT2D eigenvalue weighted by Crippen LogP contribution is -2.23. The van der Waals surface area contributed by atoms with E-state index in [4.69, 9.17) is 5.41 Å². The Hall–Kier alpha value is -3.94. The number of hydrogen-bond donors (Lipinski definition) is 2. The molecule has 150 valence electrons. The van der Waals surface area contributed by atoms with Gasteiger partial charge in [0.15, 0.2) is 5.69 Å². The molecule has 2 N–H and O–H groups in total. The number of ketones is 1. The van der Waals surface area contributed by atoms with Crippen LogP contribution in [0.1, 0.15) is 41.3 Å². The second-order valence-corrected chi connectivity index (χ2v) is 6.88. The van der Waals surface area contributed by atoms with Crippen molar-refractivity contribution in [2.24, 2.45) is 0 Å². The van der Waals surface area contributed by atoms with Crippen LogP contribution in [0.5, 0.6) is 0 Å². The first-order valence-corrected chi connectivity index (χ1v) is 9.66. The fourth-order valence-electron chi connectivity index (χ4n) is 3.28. The minimum atomic E-state index is -0.464. The molecule has 1 atom stereocenters. The Morgan fingerprint density at radius 3 is 2.57 bits per heavy atom. The standard InChI is InChI=1S/C22H21N7O/c1-3-17(22-25-13-18(26-22)15-9-11-24-12-10-15)19(23)21(30)20-14(2)27-29(28-20)16-7-5-4-6-8-16/h4-13,17,23H,3H2,1-2H3,(H,25,26). The molecule has 1 aromatic carbocycles. The normalized spacial score (nSPS) is 11.9. The van der Waals surface area contributed by atoms with E-state index in [-0.39, 0.29) is 11.4 Å². The molecule has 8 heteroatoms. The SMILES string of the molecule is CCC(C(=N)C(=O)c1nn(-c2ccccc2)nc1C)c1ncc(-c2ccncc2)[nH]1. The van der Waals surface area contributed by atoms with Crippen LogP contribution in [0.25, 0.3) is 16.9 Å². The first-order valence-electron chi connectivity index (χ1n) is 9.66. The topological polar surface area (TPSA) is 113 Å². The minimum absolute atomic E-state index is 0.0589. The first-order chi connectivity index (χ1) is 14.6. The van der Waals surface area contributed by atoms with E-state index in [0.29, 0.717) is 17.9 Å². The fourth-order valence-corrected chi connectivity index (χ4v) is 3.28. The van der Waals surface area contributed by atoms with Gasteiger partial charge < -0.3 is 10.4 Å². The number of benzene rings is 1. The van der Waals surface area contributed by atoms with Crippen LogP contribution in [0.15, 0.2) is 61.1 Å². The maximum absolute atomic E-state index is 13.1. The van der Waals surface area contributed by atoms with E-state index in [9.17, 15) is 4.79 Å². The molecule has 3 heterocycles. The van der Waals surface area contributed by atoms with Crippen molar-refractivity contribution in [3.05, 3.63) is 78.3 Å². The molecule has 0 aliphatic rings. The van der Waals surface area contributed by atoms with Crippen molar-refractivity contribution in [3.8, 4) is 16.9 Å². The number of carbonyl (C=O) groups excluding carboxylic acids is 1. The lowest BCUT2D eigenvalue weighted by Gasteiger charge is -2.12. The molecule has 0 bridgehead atoms. The summed E-state index contributed by atoms with van der Waals surface area (Å²) < 4.78 is 0. The highest BCUT2D eigenvalue weighted by Gasteiger charge is 2.28. The van der Waals surface area contributed by atoms with Crippen LogP contribution in [0.3, 0.4) is 0 Å². The number of Topliss-reactive ketones (excluding diaryl/α,β-unsaturated/α-hetero) is 1. The number of aromatic amines is 1. The average Bonchev–Trinajstić information content (AvgIpc) is 3.42. The molecule has 0 saturated heterocycles. The van der Waals surface area contributed by atoms with Crippen LogP contribution in [0.2, 0.25) is 0 Å². The van der Waals surface area contributed by atoms with Gasteiger partial charge in [0.2, 0.25) is 5.78 Å². The molecule has 4 aromatic rings. The number of carbonyl (C=O) groups is 1. The third kappa shape index (κ3) is 3.67. The molecule has 0 aliphatic heterocycles. The highest BCUT2D eigenvalue weighted by atomic mass is 16.1. The van der Waals surface area contributed by atoms with Crippen LogP contribution < -0.4 is 0 Å². The van der Waals surface area contributed by atoms with E-state index in [1.54, 1.807) is 25.5 Å². The van der Waals surface area contributed by atoms with Crippen molar-refractivity contribution in [2.75, 3.05) is 0 Å². The number of nitrogens with one attached hydrogen (secondary N) is 2. The van der Waals surface area contributed by atoms with Gasteiger partial charge in [-0.1, -0.05) is 25.1 Å². The van der Waals surface area contributed by atoms with Crippen molar-refractivity contribution in [2.45, 2.75) is 26.2 Å². The van der Waals surface area contributed by atoms with Gasteiger partial charge in [-0.25, -0.2) is 4.98 Å². The molecular formula is C22H21N7O. The lowest BCUT2D eigenvalue weighted by molar-refractivity contribution is 0.105. The molecule has 0 radical (unpaired) electrons. The second-order valence-electron chi connectivity index (χ2n) is 6.88. The predicted octanol–water partition coefficient (Wildman–Crippen LogP) is 3.76. The fraction of sp³-hybridized carbons (Fsp3) is 0.182. The summed E-state index contributed by atoms with van der Waals surface area (Å²) in [6, 6.07) is 13.1. The highest BCUT2D eigenvalue weighted by Crippen LogP contribution is 2.24. The van der Waals surface area contributed by atoms with E-state index in [2.05, 4.69) is 25.1 Å². The highest BCUT2D eigenvalue weighted by molar-refractivity contribution is 6.46. The molecular weight excluding hydrogens is 378 g/mol. The average molecular weight is 399 g/mol. The van der Waals surface area contributed by atoms with Crippen molar-refractivity contribution < 1.29 is 4.79 Å². The van der Waals surface area contributed by atoms with Gasteiger partial charge in [0.25, 0.3) is 0 Å². The number of para-hydroxylation sites is 1. The van der Waals surface area contributed by atoms with Gasteiger partial charge in [-0.3, -0.25) is 9.78 Å². The van der Waals surface area contributed by atoms with Crippen LogP contribution >= 0.6 is 0 Å². The summed E-state index contributed by atoms with van der Waals surface area (Å²) in [7, 11) is 0. The number of rotatable bonds is 7. The Bertz CT molecular complexity index is 1180.